The van der Waals surface area contributed by atoms with Crippen LogP contribution < -0.4 is 10.6 Å². The number of amides is 1. The van der Waals surface area contributed by atoms with Gasteiger partial charge < -0.3 is 19.5 Å². The smallest absolute Gasteiger partial charge is 0.263 e. The molecule has 2 heterocycles. The van der Waals surface area contributed by atoms with Gasteiger partial charge >= 0.3 is 0 Å². The van der Waals surface area contributed by atoms with Gasteiger partial charge in [-0.05, 0) is 32.0 Å². The zero-order valence-electron chi connectivity index (χ0n) is 13.3. The van der Waals surface area contributed by atoms with Crippen molar-refractivity contribution >= 4 is 30.7 Å². The maximum Gasteiger partial charge on any atom is 0.263 e. The van der Waals surface area contributed by atoms with E-state index in [1.807, 2.05) is 0 Å². The van der Waals surface area contributed by atoms with E-state index in [0.29, 0.717) is 29.6 Å². The van der Waals surface area contributed by atoms with E-state index < -0.39 is 0 Å². The lowest BCUT2D eigenvalue weighted by Gasteiger charge is -2.05. The van der Waals surface area contributed by atoms with Crippen molar-refractivity contribution < 1.29 is 13.6 Å². The Labute approximate surface area is 148 Å². The Morgan fingerprint density at radius 3 is 2.70 bits per heavy atom. The Bertz CT molecular complexity index is 571. The van der Waals surface area contributed by atoms with Crippen LogP contribution in [0.15, 0.2) is 27.2 Å². The normalized spacial score (nSPS) is 9.83. The van der Waals surface area contributed by atoms with Crippen LogP contribution in [0.4, 0.5) is 0 Å². The van der Waals surface area contributed by atoms with Crippen molar-refractivity contribution in [1.29, 1.82) is 0 Å². The number of carbonyl (C=O) groups excluding carboxylic acids is 1. The van der Waals surface area contributed by atoms with Gasteiger partial charge in [0, 0.05) is 13.1 Å². The topological polar surface area (TPSA) is 80.3 Å². The van der Waals surface area contributed by atoms with Crippen LogP contribution in [0.2, 0.25) is 0 Å². The lowest BCUT2D eigenvalue weighted by Crippen LogP contribution is -2.33. The third-order valence-corrected chi connectivity index (χ3v) is 3.00. The third-order valence-electron chi connectivity index (χ3n) is 3.00. The first kappa shape index (κ1) is 21.5. The molecule has 2 N–H and O–H groups in total. The molecular formula is C15H23Cl2N3O3. The number of furan rings is 1. The third kappa shape index (κ3) is 6.64. The van der Waals surface area contributed by atoms with Crippen molar-refractivity contribution in [1.82, 2.24) is 15.6 Å². The predicted molar refractivity (Wildman–Crippen MR) is 93.3 cm³/mol. The average molecular weight is 364 g/mol. The Kier molecular flexibility index (Phi) is 10.4. The van der Waals surface area contributed by atoms with Gasteiger partial charge in [-0.25, -0.2) is 4.98 Å². The first-order valence-corrected chi connectivity index (χ1v) is 7.18. The molecule has 0 aromatic carbocycles. The van der Waals surface area contributed by atoms with Crippen molar-refractivity contribution in [3.05, 3.63) is 29.9 Å². The summed E-state index contributed by atoms with van der Waals surface area (Å²) < 4.78 is 10.8. The van der Waals surface area contributed by atoms with E-state index in [-0.39, 0.29) is 37.1 Å². The van der Waals surface area contributed by atoms with Gasteiger partial charge in [0.2, 0.25) is 5.91 Å². The molecule has 23 heavy (non-hydrogen) atoms. The quantitative estimate of drug-likeness (QED) is 0.704. The van der Waals surface area contributed by atoms with Crippen molar-refractivity contribution in [3.63, 3.8) is 0 Å². The largest absolute Gasteiger partial charge is 0.459 e. The van der Waals surface area contributed by atoms with Crippen LogP contribution in [0.5, 0.6) is 0 Å². The monoisotopic (exact) mass is 363 g/mol. The fourth-order valence-electron chi connectivity index (χ4n) is 1.90. The lowest BCUT2D eigenvalue weighted by atomic mass is 10.2. The molecule has 0 unspecified atom stereocenters. The van der Waals surface area contributed by atoms with Crippen molar-refractivity contribution in [2.24, 2.45) is 0 Å². The highest BCUT2D eigenvalue weighted by Gasteiger charge is 2.15. The fraction of sp³-hybridized carbons (Fsp3) is 0.467. The van der Waals surface area contributed by atoms with Crippen LogP contribution >= 0.6 is 24.8 Å². The van der Waals surface area contributed by atoms with Crippen LogP contribution in [0.25, 0.3) is 11.7 Å². The summed E-state index contributed by atoms with van der Waals surface area (Å²) in [6.45, 7) is 6.25. The van der Waals surface area contributed by atoms with Gasteiger partial charge in [-0.3, -0.25) is 4.79 Å². The summed E-state index contributed by atoms with van der Waals surface area (Å²) in [6, 6.07) is 3.54. The minimum absolute atomic E-state index is 0. The molecule has 2 aromatic rings. The van der Waals surface area contributed by atoms with Crippen LogP contribution in [-0.2, 0) is 11.2 Å². The van der Waals surface area contributed by atoms with Crippen molar-refractivity contribution in [2.45, 2.75) is 26.7 Å². The number of nitrogens with zero attached hydrogens (tertiary/aromatic N) is 1. The maximum atomic E-state index is 11.8. The lowest BCUT2D eigenvalue weighted by molar-refractivity contribution is -0.120. The van der Waals surface area contributed by atoms with E-state index in [1.54, 1.807) is 25.3 Å². The molecule has 8 heteroatoms. The summed E-state index contributed by atoms with van der Waals surface area (Å²) >= 11 is 0. The van der Waals surface area contributed by atoms with Gasteiger partial charge in [-0.2, -0.15) is 0 Å². The number of aryl methyl sites for hydroxylation is 1. The molecule has 2 rings (SSSR count). The van der Waals surface area contributed by atoms with Crippen molar-refractivity contribution in [2.75, 3.05) is 19.6 Å². The molecule has 2 aromatic heterocycles. The van der Waals surface area contributed by atoms with Gasteiger partial charge in [-0.15, -0.1) is 24.8 Å². The minimum Gasteiger partial charge on any atom is -0.459 e. The van der Waals surface area contributed by atoms with Crippen LogP contribution in [-0.4, -0.2) is 30.5 Å². The Morgan fingerprint density at radius 2 is 2.04 bits per heavy atom. The molecule has 0 aliphatic heterocycles. The second-order valence-electron chi connectivity index (χ2n) is 4.78. The minimum atomic E-state index is -0.0595. The zero-order chi connectivity index (χ0) is 15.1. The number of halogens is 2. The highest BCUT2D eigenvalue weighted by molar-refractivity contribution is 5.85. The number of carbonyl (C=O) groups is 1. The van der Waals surface area contributed by atoms with Gasteiger partial charge in [-0.1, -0.05) is 6.92 Å². The summed E-state index contributed by atoms with van der Waals surface area (Å²) in [4.78, 5) is 16.2. The highest BCUT2D eigenvalue weighted by Crippen LogP contribution is 2.22. The molecule has 0 atom stereocenters. The molecule has 0 aliphatic carbocycles. The first-order valence-electron chi connectivity index (χ1n) is 7.18. The molecular weight excluding hydrogens is 341 g/mol. The Balaban J connectivity index is 0.00000242. The van der Waals surface area contributed by atoms with E-state index in [2.05, 4.69) is 22.5 Å². The summed E-state index contributed by atoms with van der Waals surface area (Å²) in [5.41, 5.74) is 0.639. The summed E-state index contributed by atoms with van der Waals surface area (Å²) in [7, 11) is 0. The number of nitrogens with one attached hydrogen (secondary N) is 2. The molecule has 0 radical (unpaired) electrons. The van der Waals surface area contributed by atoms with E-state index in [1.165, 1.54) is 0 Å². The van der Waals surface area contributed by atoms with Gasteiger partial charge in [0.15, 0.2) is 5.76 Å². The van der Waals surface area contributed by atoms with E-state index >= 15 is 0 Å². The molecule has 6 nitrogen and oxygen atoms in total. The zero-order valence-corrected chi connectivity index (χ0v) is 14.9. The SMILES string of the molecule is CCCNCCNC(=O)Cc1nc(-c2ccco2)oc1C.Cl.Cl. The summed E-state index contributed by atoms with van der Waals surface area (Å²) in [5.74, 6) is 1.55. The number of hydrogen-bond donors (Lipinski definition) is 2. The molecule has 130 valence electrons. The van der Waals surface area contributed by atoms with E-state index in [9.17, 15) is 4.79 Å². The predicted octanol–water partition coefficient (Wildman–Crippen LogP) is 2.74. The average Bonchev–Trinajstić information content (AvgIpc) is 3.09. The molecule has 0 saturated heterocycles. The van der Waals surface area contributed by atoms with Gasteiger partial charge in [0.25, 0.3) is 5.89 Å². The van der Waals surface area contributed by atoms with Crippen LogP contribution in [0.1, 0.15) is 24.8 Å². The summed E-state index contributed by atoms with van der Waals surface area (Å²) in [6.07, 6.45) is 2.86. The fourth-order valence-corrected chi connectivity index (χ4v) is 1.90. The first-order chi connectivity index (χ1) is 10.2. The molecule has 0 bridgehead atoms. The van der Waals surface area contributed by atoms with E-state index in [4.69, 9.17) is 8.83 Å². The number of aromatic nitrogens is 1. The van der Waals surface area contributed by atoms with Crippen LogP contribution in [0, 0.1) is 6.92 Å². The van der Waals surface area contributed by atoms with Gasteiger partial charge in [0.05, 0.1) is 18.4 Å². The second kappa shape index (κ2) is 11.1. The molecule has 0 aliphatic rings. The molecule has 1 amide bonds. The number of hydrogen-bond acceptors (Lipinski definition) is 5. The highest BCUT2D eigenvalue weighted by atomic mass is 35.5. The van der Waals surface area contributed by atoms with Crippen molar-refractivity contribution in [3.8, 4) is 11.7 Å². The van der Waals surface area contributed by atoms with Crippen LogP contribution in [0.3, 0.4) is 0 Å². The second-order valence-corrected chi connectivity index (χ2v) is 4.78. The number of rotatable bonds is 8. The standard InChI is InChI=1S/C15H21N3O3.2ClH/c1-3-6-16-7-8-17-14(19)10-12-11(2)21-15(18-12)13-5-4-9-20-13;;/h4-5,9,16H,3,6-8,10H2,1-2H3,(H,17,19);2*1H. The van der Waals surface area contributed by atoms with E-state index in [0.717, 1.165) is 19.5 Å². The number of oxazole rings is 1. The molecule has 0 fully saturated rings. The molecule has 0 saturated carbocycles. The summed E-state index contributed by atoms with van der Waals surface area (Å²) in [5, 5.41) is 6.08. The Hall–Kier alpha value is -1.50. The molecule has 0 spiro atoms. The maximum absolute atomic E-state index is 11.8. The Morgan fingerprint density at radius 1 is 1.26 bits per heavy atom. The van der Waals surface area contributed by atoms with Gasteiger partial charge in [0.1, 0.15) is 5.76 Å².